The summed E-state index contributed by atoms with van der Waals surface area (Å²) in [5.41, 5.74) is 1.32. The van der Waals surface area contributed by atoms with Crippen LogP contribution in [0.3, 0.4) is 0 Å². The van der Waals surface area contributed by atoms with Crippen molar-refractivity contribution in [3.63, 3.8) is 0 Å². The van der Waals surface area contributed by atoms with Gasteiger partial charge in [-0.3, -0.25) is 4.79 Å². The van der Waals surface area contributed by atoms with Crippen LogP contribution < -0.4 is 5.32 Å². The van der Waals surface area contributed by atoms with Gasteiger partial charge in [0.1, 0.15) is 0 Å². The first kappa shape index (κ1) is 15.0. The van der Waals surface area contributed by atoms with E-state index in [0.717, 1.165) is 17.2 Å². The Hall–Kier alpha value is -2.10. The minimum absolute atomic E-state index is 0.0148. The Morgan fingerprint density at radius 3 is 2.58 bits per heavy atom. The Morgan fingerprint density at radius 2 is 2.00 bits per heavy atom. The van der Waals surface area contributed by atoms with E-state index < -0.39 is 11.4 Å². The first-order chi connectivity index (χ1) is 8.79. The summed E-state index contributed by atoms with van der Waals surface area (Å²) in [4.78, 5) is 22.2. The van der Waals surface area contributed by atoms with Gasteiger partial charge in [-0.25, -0.2) is 4.79 Å². The molecule has 19 heavy (non-hydrogen) atoms. The van der Waals surface area contributed by atoms with Crippen LogP contribution in [0.4, 0.5) is 0 Å². The molecule has 0 fully saturated rings. The van der Waals surface area contributed by atoms with Gasteiger partial charge in [0.25, 0.3) is 0 Å². The molecular weight excluding hydrogens is 242 g/mol. The van der Waals surface area contributed by atoms with Crippen LogP contribution in [0, 0.1) is 5.41 Å². The first-order valence-corrected chi connectivity index (χ1v) is 6.07. The molecule has 4 nitrogen and oxygen atoms in total. The average Bonchev–Trinajstić information content (AvgIpc) is 2.32. The lowest BCUT2D eigenvalue weighted by Gasteiger charge is -2.17. The molecular formula is C15H19NO3. The quantitative estimate of drug-likeness (QED) is 0.818. The highest BCUT2D eigenvalue weighted by Gasteiger charge is 2.20. The molecule has 102 valence electrons. The smallest absolute Gasteiger partial charge is 0.328 e. The summed E-state index contributed by atoms with van der Waals surface area (Å²) in [6, 6.07) is 7.39. The van der Waals surface area contributed by atoms with Gasteiger partial charge in [0.05, 0.1) is 0 Å². The van der Waals surface area contributed by atoms with Gasteiger partial charge in [-0.1, -0.05) is 39.0 Å². The van der Waals surface area contributed by atoms with Crippen molar-refractivity contribution in [1.82, 2.24) is 5.32 Å². The number of benzene rings is 1. The molecule has 1 amide bonds. The minimum Gasteiger partial charge on any atom is -0.478 e. The summed E-state index contributed by atoms with van der Waals surface area (Å²) < 4.78 is 0. The van der Waals surface area contributed by atoms with Gasteiger partial charge in [0, 0.05) is 18.0 Å². The maximum absolute atomic E-state index is 11.7. The predicted octanol–water partition coefficient (Wildman–Crippen LogP) is 2.45. The van der Waals surface area contributed by atoms with Gasteiger partial charge in [-0.05, 0) is 23.3 Å². The molecule has 1 rings (SSSR count). The highest BCUT2D eigenvalue weighted by Crippen LogP contribution is 2.13. The monoisotopic (exact) mass is 261 g/mol. The van der Waals surface area contributed by atoms with Crippen LogP contribution in [0.1, 0.15) is 31.9 Å². The normalized spacial score (nSPS) is 11.5. The number of carboxylic acid groups (broad SMARTS) is 1. The average molecular weight is 261 g/mol. The van der Waals surface area contributed by atoms with Crippen LogP contribution in [0.25, 0.3) is 6.08 Å². The van der Waals surface area contributed by atoms with Gasteiger partial charge < -0.3 is 10.4 Å². The summed E-state index contributed by atoms with van der Waals surface area (Å²) in [7, 11) is 0. The molecule has 0 unspecified atom stereocenters. The van der Waals surface area contributed by atoms with Gasteiger partial charge in [0.15, 0.2) is 0 Å². The van der Waals surface area contributed by atoms with Crippen molar-refractivity contribution in [2.24, 2.45) is 5.41 Å². The van der Waals surface area contributed by atoms with Gasteiger partial charge >= 0.3 is 5.97 Å². The van der Waals surface area contributed by atoms with Crippen LogP contribution in [-0.4, -0.2) is 17.0 Å². The van der Waals surface area contributed by atoms with E-state index in [9.17, 15) is 9.59 Å². The molecule has 1 aromatic rings. The third kappa shape index (κ3) is 5.38. The molecule has 2 N–H and O–H groups in total. The van der Waals surface area contributed by atoms with Crippen molar-refractivity contribution in [3.05, 3.63) is 41.5 Å². The van der Waals surface area contributed by atoms with E-state index >= 15 is 0 Å². The van der Waals surface area contributed by atoms with Gasteiger partial charge in [-0.2, -0.15) is 0 Å². The van der Waals surface area contributed by atoms with E-state index in [0.29, 0.717) is 6.54 Å². The highest BCUT2D eigenvalue weighted by molar-refractivity contribution is 5.85. The topological polar surface area (TPSA) is 66.4 Å². The van der Waals surface area contributed by atoms with E-state index in [2.05, 4.69) is 5.32 Å². The molecule has 1 aromatic carbocycles. The molecule has 0 atom stereocenters. The fourth-order valence-electron chi connectivity index (χ4n) is 1.42. The summed E-state index contributed by atoms with van der Waals surface area (Å²) in [5.74, 6) is -0.995. The number of carbonyl (C=O) groups is 2. The maximum atomic E-state index is 11.7. The molecule has 0 radical (unpaired) electrons. The summed E-state index contributed by atoms with van der Waals surface area (Å²) >= 11 is 0. The van der Waals surface area contributed by atoms with Crippen LogP contribution >= 0.6 is 0 Å². The highest BCUT2D eigenvalue weighted by atomic mass is 16.4. The molecule has 0 saturated carbocycles. The van der Waals surface area contributed by atoms with Crippen molar-refractivity contribution in [2.75, 3.05) is 0 Å². The van der Waals surface area contributed by atoms with Gasteiger partial charge in [-0.15, -0.1) is 0 Å². The lowest BCUT2D eigenvalue weighted by molar-refractivity contribution is -0.131. The number of hydrogen-bond acceptors (Lipinski definition) is 2. The zero-order chi connectivity index (χ0) is 14.5. The first-order valence-electron chi connectivity index (χ1n) is 6.07. The van der Waals surface area contributed by atoms with E-state index in [1.165, 1.54) is 6.08 Å². The molecule has 0 heterocycles. The maximum Gasteiger partial charge on any atom is 0.328 e. The molecule has 0 aliphatic carbocycles. The van der Waals surface area contributed by atoms with Crippen molar-refractivity contribution in [3.8, 4) is 0 Å². The SMILES string of the molecule is CC(C)(C)C(=O)NCc1cccc(C=CC(=O)O)c1. The van der Waals surface area contributed by atoms with E-state index in [1.807, 2.05) is 45.0 Å². The second-order valence-electron chi connectivity index (χ2n) is 5.35. The Labute approximate surface area is 113 Å². The molecule has 0 bridgehead atoms. The van der Waals surface area contributed by atoms with Crippen LogP contribution in [0.5, 0.6) is 0 Å². The number of amides is 1. The summed E-state index contributed by atoms with van der Waals surface area (Å²) in [6.45, 7) is 6.00. The number of aliphatic carboxylic acids is 1. The fourth-order valence-corrected chi connectivity index (χ4v) is 1.42. The Morgan fingerprint density at radius 1 is 1.32 bits per heavy atom. The molecule has 0 saturated heterocycles. The minimum atomic E-state index is -0.980. The lowest BCUT2D eigenvalue weighted by atomic mass is 9.95. The lowest BCUT2D eigenvalue weighted by Crippen LogP contribution is -2.34. The number of hydrogen-bond donors (Lipinski definition) is 2. The van der Waals surface area contributed by atoms with Crippen molar-refractivity contribution in [2.45, 2.75) is 27.3 Å². The predicted molar refractivity (Wildman–Crippen MR) is 74.4 cm³/mol. The zero-order valence-electron chi connectivity index (χ0n) is 11.4. The Kier molecular flexibility index (Phi) is 4.87. The van der Waals surface area contributed by atoms with E-state index in [4.69, 9.17) is 5.11 Å². The number of carbonyl (C=O) groups excluding carboxylic acids is 1. The largest absolute Gasteiger partial charge is 0.478 e. The number of carboxylic acids is 1. The zero-order valence-corrected chi connectivity index (χ0v) is 11.4. The standard InChI is InChI=1S/C15H19NO3/c1-15(2,3)14(19)16-10-12-6-4-5-11(9-12)7-8-13(17)18/h4-9H,10H2,1-3H3,(H,16,19)(H,17,18). The molecule has 0 aromatic heterocycles. The van der Waals surface area contributed by atoms with Crippen molar-refractivity contribution < 1.29 is 14.7 Å². The van der Waals surface area contributed by atoms with Crippen LogP contribution in [-0.2, 0) is 16.1 Å². The molecule has 4 heteroatoms. The summed E-state index contributed by atoms with van der Waals surface area (Å²) in [5, 5.41) is 11.4. The number of nitrogens with one attached hydrogen (secondary N) is 1. The van der Waals surface area contributed by atoms with Crippen LogP contribution in [0.2, 0.25) is 0 Å². The van der Waals surface area contributed by atoms with E-state index in [-0.39, 0.29) is 5.91 Å². The van der Waals surface area contributed by atoms with Gasteiger partial charge in [0.2, 0.25) is 5.91 Å². The second-order valence-corrected chi connectivity index (χ2v) is 5.35. The van der Waals surface area contributed by atoms with Crippen molar-refractivity contribution >= 4 is 18.0 Å². The second kappa shape index (κ2) is 6.18. The molecule has 0 aliphatic rings. The van der Waals surface area contributed by atoms with Crippen molar-refractivity contribution in [1.29, 1.82) is 0 Å². The fraction of sp³-hybridized carbons (Fsp3) is 0.333. The molecule has 0 spiro atoms. The Bertz CT molecular complexity index is 498. The third-order valence-corrected chi connectivity index (χ3v) is 2.50. The summed E-state index contributed by atoms with van der Waals surface area (Å²) in [6.07, 6.45) is 2.62. The Balaban J connectivity index is 2.68. The van der Waals surface area contributed by atoms with Crippen LogP contribution in [0.15, 0.2) is 30.3 Å². The number of rotatable bonds is 4. The molecule has 0 aliphatic heterocycles. The third-order valence-electron chi connectivity index (χ3n) is 2.50. The van der Waals surface area contributed by atoms with E-state index in [1.54, 1.807) is 0 Å².